The van der Waals surface area contributed by atoms with E-state index in [1.54, 1.807) is 13.3 Å². The van der Waals surface area contributed by atoms with Crippen LogP contribution in [-0.2, 0) is 11.8 Å². The normalized spacial score (nSPS) is 14.9. The van der Waals surface area contributed by atoms with Crippen LogP contribution in [0.5, 0.6) is 0 Å². The molecule has 2 aromatic heterocycles. The van der Waals surface area contributed by atoms with Gasteiger partial charge >= 0.3 is 0 Å². The summed E-state index contributed by atoms with van der Waals surface area (Å²) >= 11 is 0. The van der Waals surface area contributed by atoms with Crippen molar-refractivity contribution in [1.29, 1.82) is 0 Å². The molecule has 134 valence electrons. The molecule has 3 aromatic rings. The predicted molar refractivity (Wildman–Crippen MR) is 103 cm³/mol. The van der Waals surface area contributed by atoms with E-state index in [0.717, 1.165) is 43.1 Å². The van der Waals surface area contributed by atoms with Crippen LogP contribution in [0.2, 0.25) is 0 Å². The maximum atomic E-state index is 11.5. The lowest BCUT2D eigenvalue weighted by Crippen LogP contribution is -2.48. The molecule has 0 unspecified atom stereocenters. The Morgan fingerprint density at radius 2 is 1.88 bits per heavy atom. The molecule has 0 N–H and O–H groups in total. The second kappa shape index (κ2) is 6.44. The third-order valence-corrected chi connectivity index (χ3v) is 5.17. The number of nitrogens with zero attached hydrogens (tertiary/aromatic N) is 5. The molecule has 3 heterocycles. The highest BCUT2D eigenvalue weighted by molar-refractivity contribution is 5.87. The van der Waals surface area contributed by atoms with Gasteiger partial charge in [-0.1, -0.05) is 0 Å². The zero-order valence-corrected chi connectivity index (χ0v) is 15.4. The van der Waals surface area contributed by atoms with Gasteiger partial charge in [0, 0.05) is 51.2 Å². The number of carbonyl (C=O) groups is 1. The Kier molecular flexibility index (Phi) is 4.11. The number of aromatic nitrogens is 3. The van der Waals surface area contributed by atoms with E-state index in [2.05, 4.69) is 41.1 Å². The van der Waals surface area contributed by atoms with E-state index in [9.17, 15) is 4.79 Å². The molecule has 0 aliphatic carbocycles. The fraction of sp³-hybridized carbons (Fsp3) is 0.350. The largest absolute Gasteiger partial charge is 0.368 e. The van der Waals surface area contributed by atoms with Crippen LogP contribution in [-0.4, -0.2) is 51.5 Å². The average Bonchev–Trinajstić information content (AvgIpc) is 3.07. The SMILES string of the molecule is CC(=O)N1CCN(c2ccc3nc(-c4cncn4C)cc(C)c3c2)CC1. The molecule has 0 saturated carbocycles. The number of carbonyl (C=O) groups excluding carboxylic acids is 1. The van der Waals surface area contributed by atoms with Crippen LogP contribution in [0, 0.1) is 6.92 Å². The molecule has 1 saturated heterocycles. The first-order valence-corrected chi connectivity index (χ1v) is 8.91. The molecule has 0 atom stereocenters. The Morgan fingerprint density at radius 3 is 2.54 bits per heavy atom. The van der Waals surface area contributed by atoms with Crippen molar-refractivity contribution in [2.75, 3.05) is 31.1 Å². The maximum Gasteiger partial charge on any atom is 0.219 e. The first-order chi connectivity index (χ1) is 12.5. The van der Waals surface area contributed by atoms with Crippen molar-refractivity contribution < 1.29 is 4.79 Å². The molecule has 1 amide bonds. The van der Waals surface area contributed by atoms with Gasteiger partial charge in [0.25, 0.3) is 0 Å². The number of hydrogen-bond acceptors (Lipinski definition) is 4. The predicted octanol–water partition coefficient (Wildman–Crippen LogP) is 2.61. The number of pyridine rings is 1. The van der Waals surface area contributed by atoms with Crippen molar-refractivity contribution in [1.82, 2.24) is 19.4 Å². The number of benzene rings is 1. The lowest BCUT2D eigenvalue weighted by molar-refractivity contribution is -0.129. The van der Waals surface area contributed by atoms with Crippen LogP contribution in [0.15, 0.2) is 36.8 Å². The highest BCUT2D eigenvalue weighted by Gasteiger charge is 2.19. The molecule has 0 radical (unpaired) electrons. The molecule has 0 spiro atoms. The Balaban J connectivity index is 1.65. The fourth-order valence-corrected chi connectivity index (χ4v) is 3.59. The first kappa shape index (κ1) is 16.6. The van der Waals surface area contributed by atoms with Gasteiger partial charge in [-0.3, -0.25) is 4.79 Å². The van der Waals surface area contributed by atoms with Crippen molar-refractivity contribution >= 4 is 22.5 Å². The van der Waals surface area contributed by atoms with Crippen LogP contribution in [0.1, 0.15) is 12.5 Å². The second-order valence-corrected chi connectivity index (χ2v) is 6.91. The lowest BCUT2D eigenvalue weighted by atomic mass is 10.1. The van der Waals surface area contributed by atoms with Crippen molar-refractivity contribution in [3.05, 3.63) is 42.4 Å². The zero-order chi connectivity index (χ0) is 18.3. The van der Waals surface area contributed by atoms with E-state index in [0.29, 0.717) is 0 Å². The summed E-state index contributed by atoms with van der Waals surface area (Å²) in [5, 5.41) is 1.17. The summed E-state index contributed by atoms with van der Waals surface area (Å²) in [7, 11) is 1.98. The Labute approximate surface area is 153 Å². The molecule has 0 bridgehead atoms. The minimum absolute atomic E-state index is 0.158. The van der Waals surface area contributed by atoms with Gasteiger partial charge in [-0.2, -0.15) is 0 Å². The Hall–Kier alpha value is -2.89. The molecular weight excluding hydrogens is 326 g/mol. The van der Waals surface area contributed by atoms with Crippen LogP contribution >= 0.6 is 0 Å². The van der Waals surface area contributed by atoms with Crippen LogP contribution in [0.4, 0.5) is 5.69 Å². The minimum atomic E-state index is 0.158. The summed E-state index contributed by atoms with van der Waals surface area (Å²) in [5.74, 6) is 0.158. The average molecular weight is 349 g/mol. The second-order valence-electron chi connectivity index (χ2n) is 6.91. The number of aryl methyl sites for hydroxylation is 2. The molecule has 6 nitrogen and oxygen atoms in total. The maximum absolute atomic E-state index is 11.5. The topological polar surface area (TPSA) is 54.3 Å². The van der Waals surface area contributed by atoms with Gasteiger partial charge in [-0.05, 0) is 36.8 Å². The van der Waals surface area contributed by atoms with E-state index in [1.165, 1.54) is 16.6 Å². The first-order valence-electron chi connectivity index (χ1n) is 8.91. The van der Waals surface area contributed by atoms with Gasteiger partial charge in [0.15, 0.2) is 0 Å². The van der Waals surface area contributed by atoms with Crippen molar-refractivity contribution in [2.24, 2.45) is 7.05 Å². The highest BCUT2D eigenvalue weighted by Crippen LogP contribution is 2.28. The summed E-state index contributed by atoms with van der Waals surface area (Å²) in [4.78, 5) is 24.8. The Bertz CT molecular complexity index is 969. The van der Waals surface area contributed by atoms with Crippen molar-refractivity contribution in [3.63, 3.8) is 0 Å². The van der Waals surface area contributed by atoms with Gasteiger partial charge in [0.1, 0.15) is 0 Å². The summed E-state index contributed by atoms with van der Waals surface area (Å²) in [6.07, 6.45) is 3.64. The Morgan fingerprint density at radius 1 is 1.12 bits per heavy atom. The molecule has 1 fully saturated rings. The van der Waals surface area contributed by atoms with Gasteiger partial charge in [0.05, 0.1) is 29.4 Å². The lowest BCUT2D eigenvalue weighted by Gasteiger charge is -2.35. The van der Waals surface area contributed by atoms with E-state index in [1.807, 2.05) is 22.7 Å². The minimum Gasteiger partial charge on any atom is -0.368 e. The van der Waals surface area contributed by atoms with E-state index >= 15 is 0 Å². The summed E-state index contributed by atoms with van der Waals surface area (Å²) in [5.41, 5.74) is 5.35. The van der Waals surface area contributed by atoms with Gasteiger partial charge in [-0.25, -0.2) is 9.97 Å². The van der Waals surface area contributed by atoms with Crippen molar-refractivity contribution in [3.8, 4) is 11.4 Å². The van der Waals surface area contributed by atoms with Crippen LogP contribution in [0.25, 0.3) is 22.3 Å². The monoisotopic (exact) mass is 349 g/mol. The number of rotatable bonds is 2. The van der Waals surface area contributed by atoms with Gasteiger partial charge in [-0.15, -0.1) is 0 Å². The number of hydrogen-bond donors (Lipinski definition) is 0. The smallest absolute Gasteiger partial charge is 0.219 e. The molecule has 4 rings (SSSR count). The molecule has 26 heavy (non-hydrogen) atoms. The molecule has 1 aliphatic heterocycles. The summed E-state index contributed by atoms with van der Waals surface area (Å²) < 4.78 is 1.98. The summed E-state index contributed by atoms with van der Waals surface area (Å²) in [6.45, 7) is 7.06. The third kappa shape index (κ3) is 2.92. The number of piperazine rings is 1. The number of fused-ring (bicyclic) bond motifs is 1. The van der Waals surface area contributed by atoms with Crippen molar-refractivity contribution in [2.45, 2.75) is 13.8 Å². The molecule has 1 aromatic carbocycles. The fourth-order valence-electron chi connectivity index (χ4n) is 3.59. The van der Waals surface area contributed by atoms with Gasteiger partial charge in [0.2, 0.25) is 5.91 Å². The highest BCUT2D eigenvalue weighted by atomic mass is 16.2. The molecule has 6 heteroatoms. The quantitative estimate of drug-likeness (QED) is 0.714. The van der Waals surface area contributed by atoms with Crippen LogP contribution in [0.3, 0.4) is 0 Å². The van der Waals surface area contributed by atoms with E-state index < -0.39 is 0 Å². The van der Waals surface area contributed by atoms with Gasteiger partial charge < -0.3 is 14.4 Å². The third-order valence-electron chi connectivity index (χ3n) is 5.17. The number of imidazole rings is 1. The van der Waals surface area contributed by atoms with Crippen LogP contribution < -0.4 is 4.90 Å². The summed E-state index contributed by atoms with van der Waals surface area (Å²) in [6, 6.07) is 8.56. The van der Waals surface area contributed by atoms with E-state index in [4.69, 9.17) is 4.98 Å². The molecule has 1 aliphatic rings. The standard InChI is InChI=1S/C20H23N5O/c1-14-10-19(20-12-21-13-23(20)3)22-18-5-4-16(11-17(14)18)25-8-6-24(7-9-25)15(2)26/h4-5,10-13H,6-9H2,1-3H3. The zero-order valence-electron chi connectivity index (χ0n) is 15.4. The molecular formula is C20H23N5O. The number of amides is 1. The van der Waals surface area contributed by atoms with E-state index in [-0.39, 0.29) is 5.91 Å². The number of anilines is 1.